The zero-order chi connectivity index (χ0) is 27.2. The van der Waals surface area contributed by atoms with Crippen LogP contribution < -0.4 is 22.1 Å². The van der Waals surface area contributed by atoms with Gasteiger partial charge >= 0.3 is 5.97 Å². The van der Waals surface area contributed by atoms with E-state index in [2.05, 4.69) is 15.6 Å². The molecule has 6 N–H and O–H groups in total. The molecule has 1 aromatic rings. The van der Waals surface area contributed by atoms with Gasteiger partial charge in [0.2, 0.25) is 17.7 Å². The van der Waals surface area contributed by atoms with Gasteiger partial charge in [-0.1, -0.05) is 30.3 Å². The summed E-state index contributed by atoms with van der Waals surface area (Å²) in [7, 11) is 1.19. The smallest absolute Gasteiger partial charge is 0.308 e. The summed E-state index contributed by atoms with van der Waals surface area (Å²) in [6, 6.07) is 6.64. The molecule has 0 spiro atoms. The molecule has 37 heavy (non-hydrogen) atoms. The highest BCUT2D eigenvalue weighted by Crippen LogP contribution is 2.20. The number of ether oxygens (including phenoxy) is 1. The lowest BCUT2D eigenvalue weighted by atomic mass is 10.1. The topological polar surface area (TPSA) is 186 Å². The molecule has 0 aliphatic carbocycles. The Morgan fingerprint density at radius 1 is 1.19 bits per heavy atom. The fourth-order valence-corrected chi connectivity index (χ4v) is 4.09. The van der Waals surface area contributed by atoms with Crippen LogP contribution >= 0.6 is 0 Å². The minimum atomic E-state index is -1.18. The van der Waals surface area contributed by atoms with Gasteiger partial charge in [-0.3, -0.25) is 24.2 Å². The van der Waals surface area contributed by atoms with Gasteiger partial charge in [0.25, 0.3) is 0 Å². The first kappa shape index (κ1) is 29.3. The van der Waals surface area contributed by atoms with Crippen LogP contribution in [-0.2, 0) is 35.1 Å². The van der Waals surface area contributed by atoms with E-state index in [9.17, 15) is 24.0 Å². The first-order valence-corrected chi connectivity index (χ1v) is 12.3. The Kier molecular flexibility index (Phi) is 12.0. The molecular formula is C25H36N6O6. The normalized spacial score (nSPS) is 16.2. The quantitative estimate of drug-likeness (QED) is 0.0829. The van der Waals surface area contributed by atoms with Gasteiger partial charge in [0.05, 0.1) is 19.6 Å². The zero-order valence-corrected chi connectivity index (χ0v) is 21.1. The number of aryl methyl sites for hydroxylation is 1. The van der Waals surface area contributed by atoms with Crippen LogP contribution in [0, 0.1) is 0 Å². The van der Waals surface area contributed by atoms with Crippen LogP contribution in [0.2, 0.25) is 0 Å². The number of nitrogens with two attached hydrogens (primary N) is 2. The summed E-state index contributed by atoms with van der Waals surface area (Å²) in [5, 5.41) is 5.29. The van der Waals surface area contributed by atoms with Gasteiger partial charge in [0.1, 0.15) is 18.4 Å². The molecule has 202 valence electrons. The zero-order valence-electron chi connectivity index (χ0n) is 21.1. The van der Waals surface area contributed by atoms with Gasteiger partial charge < -0.3 is 36.5 Å². The van der Waals surface area contributed by atoms with Crippen molar-refractivity contribution in [2.24, 2.45) is 16.5 Å². The third-order valence-corrected chi connectivity index (χ3v) is 6.01. The van der Waals surface area contributed by atoms with Crippen molar-refractivity contribution in [1.29, 1.82) is 0 Å². The predicted octanol–water partition coefficient (Wildman–Crippen LogP) is -0.605. The number of guanidine groups is 1. The number of nitrogens with zero attached hydrogens (tertiary/aromatic N) is 2. The Hall–Kier alpha value is -3.96. The summed E-state index contributed by atoms with van der Waals surface area (Å²) in [6.45, 7) is 0.598. The number of amides is 3. The number of esters is 1. The van der Waals surface area contributed by atoms with Crippen LogP contribution in [0.3, 0.4) is 0 Å². The van der Waals surface area contributed by atoms with Gasteiger partial charge in [-0.25, -0.2) is 0 Å². The van der Waals surface area contributed by atoms with E-state index in [1.165, 1.54) is 12.0 Å². The first-order valence-electron chi connectivity index (χ1n) is 12.3. The van der Waals surface area contributed by atoms with E-state index in [4.69, 9.17) is 16.2 Å². The molecule has 1 aliphatic rings. The molecule has 12 nitrogen and oxygen atoms in total. The van der Waals surface area contributed by atoms with E-state index in [1.54, 1.807) is 0 Å². The first-order chi connectivity index (χ1) is 17.7. The van der Waals surface area contributed by atoms with Gasteiger partial charge in [-0.2, -0.15) is 0 Å². The van der Waals surface area contributed by atoms with Crippen molar-refractivity contribution in [2.75, 3.05) is 20.2 Å². The maximum atomic E-state index is 13.4. The van der Waals surface area contributed by atoms with Crippen LogP contribution in [0.1, 0.15) is 44.1 Å². The van der Waals surface area contributed by atoms with E-state index < -0.39 is 41.8 Å². The number of aldehydes is 1. The van der Waals surface area contributed by atoms with Crippen LogP contribution in [-0.4, -0.2) is 79.2 Å². The van der Waals surface area contributed by atoms with Gasteiger partial charge in [0, 0.05) is 19.5 Å². The molecule has 1 aromatic carbocycles. The number of hydrogen-bond donors (Lipinski definition) is 4. The number of nitrogens with one attached hydrogen (secondary N) is 2. The molecule has 0 bridgehead atoms. The van der Waals surface area contributed by atoms with Gasteiger partial charge in [0.15, 0.2) is 5.96 Å². The van der Waals surface area contributed by atoms with E-state index >= 15 is 0 Å². The summed E-state index contributed by atoms with van der Waals surface area (Å²) in [5.74, 6) is -2.14. The maximum absolute atomic E-state index is 13.4. The lowest BCUT2D eigenvalue weighted by Gasteiger charge is -2.29. The third-order valence-electron chi connectivity index (χ3n) is 6.01. The van der Waals surface area contributed by atoms with Crippen LogP contribution in [0.25, 0.3) is 0 Å². The van der Waals surface area contributed by atoms with Crippen molar-refractivity contribution in [1.82, 2.24) is 15.5 Å². The summed E-state index contributed by atoms with van der Waals surface area (Å²) in [5.41, 5.74) is 11.5. The maximum Gasteiger partial charge on any atom is 0.308 e. The van der Waals surface area contributed by atoms with Crippen molar-refractivity contribution in [2.45, 2.75) is 63.1 Å². The Bertz CT molecular complexity index is 966. The number of rotatable bonds is 14. The second-order valence-corrected chi connectivity index (χ2v) is 8.78. The van der Waals surface area contributed by atoms with Crippen molar-refractivity contribution in [3.63, 3.8) is 0 Å². The number of methoxy groups -OCH3 is 1. The molecule has 12 heteroatoms. The second kappa shape index (κ2) is 15.2. The monoisotopic (exact) mass is 516 g/mol. The SMILES string of the molecule is COC(=O)C[C@@H](NC(=O)CCc1ccccc1)C(=O)N1CCC[C@H]1C(=O)N[C@@H](C=O)CCCN=C(N)N. The molecule has 0 radical (unpaired) electrons. The third kappa shape index (κ3) is 9.90. The average molecular weight is 517 g/mol. The summed E-state index contributed by atoms with van der Waals surface area (Å²) < 4.78 is 4.70. The molecule has 0 saturated carbocycles. The number of carbonyl (C=O) groups is 5. The van der Waals surface area contributed by atoms with Crippen molar-refractivity contribution >= 4 is 35.9 Å². The Balaban J connectivity index is 2.01. The lowest BCUT2D eigenvalue weighted by Crippen LogP contribution is -2.55. The lowest BCUT2D eigenvalue weighted by molar-refractivity contribution is -0.147. The van der Waals surface area contributed by atoms with Crippen LogP contribution in [0.4, 0.5) is 0 Å². The van der Waals surface area contributed by atoms with Gasteiger partial charge in [-0.15, -0.1) is 0 Å². The molecule has 3 amide bonds. The van der Waals surface area contributed by atoms with E-state index in [0.29, 0.717) is 44.9 Å². The van der Waals surface area contributed by atoms with Crippen LogP contribution in [0.15, 0.2) is 35.3 Å². The molecular weight excluding hydrogens is 480 g/mol. The van der Waals surface area contributed by atoms with Crippen molar-refractivity contribution in [3.05, 3.63) is 35.9 Å². The fourth-order valence-electron chi connectivity index (χ4n) is 4.09. The van der Waals surface area contributed by atoms with E-state index in [-0.39, 0.29) is 25.3 Å². The highest BCUT2D eigenvalue weighted by atomic mass is 16.5. The van der Waals surface area contributed by atoms with Crippen LogP contribution in [0.5, 0.6) is 0 Å². The van der Waals surface area contributed by atoms with Crippen molar-refractivity contribution < 1.29 is 28.7 Å². The Morgan fingerprint density at radius 2 is 1.92 bits per heavy atom. The molecule has 1 aliphatic heterocycles. The summed E-state index contributed by atoms with van der Waals surface area (Å²) in [6.07, 6.45) is 2.62. The summed E-state index contributed by atoms with van der Waals surface area (Å²) in [4.78, 5) is 67.6. The molecule has 2 rings (SSSR count). The standard InChI is InChI=1S/C25H36N6O6/c1-37-22(34)15-19(30-21(33)12-11-17-7-3-2-4-8-17)24(36)31-14-6-10-20(31)23(35)29-18(16-32)9-5-13-28-25(26)27/h2-4,7-8,16,18-20H,5-6,9-15H2,1H3,(H,29,35)(H,30,33)(H4,26,27,28)/t18-,19-,20+/m1/s1. The highest BCUT2D eigenvalue weighted by Gasteiger charge is 2.39. The minimum absolute atomic E-state index is 0.0551. The molecule has 1 heterocycles. The molecule has 1 fully saturated rings. The second-order valence-electron chi connectivity index (χ2n) is 8.78. The molecule has 0 unspecified atom stereocenters. The fraction of sp³-hybridized carbons (Fsp3) is 0.520. The number of aliphatic imine (C=N–C) groups is 1. The highest BCUT2D eigenvalue weighted by molar-refractivity contribution is 5.95. The van der Waals surface area contributed by atoms with E-state index in [0.717, 1.165) is 5.56 Å². The number of likely N-dealkylation sites (tertiary alicyclic amines) is 1. The molecule has 1 saturated heterocycles. The number of hydrogen-bond acceptors (Lipinski definition) is 7. The van der Waals surface area contributed by atoms with Gasteiger partial charge in [-0.05, 0) is 37.7 Å². The number of carbonyl (C=O) groups excluding carboxylic acids is 5. The molecule has 0 aromatic heterocycles. The number of benzene rings is 1. The molecule has 3 atom stereocenters. The predicted molar refractivity (Wildman–Crippen MR) is 136 cm³/mol. The minimum Gasteiger partial charge on any atom is -0.469 e. The Labute approximate surface area is 216 Å². The summed E-state index contributed by atoms with van der Waals surface area (Å²) >= 11 is 0. The van der Waals surface area contributed by atoms with E-state index in [1.807, 2.05) is 30.3 Å². The largest absolute Gasteiger partial charge is 0.469 e. The van der Waals surface area contributed by atoms with Crippen molar-refractivity contribution in [3.8, 4) is 0 Å². The average Bonchev–Trinajstić information content (AvgIpc) is 3.39. The Morgan fingerprint density at radius 3 is 2.57 bits per heavy atom.